The van der Waals surface area contributed by atoms with E-state index in [9.17, 15) is 22.1 Å². The minimum atomic E-state index is -1.91. The van der Waals surface area contributed by atoms with Crippen LogP contribution in [-0.2, 0) is 21.7 Å². The maximum absolute atomic E-state index is 12.4. The second kappa shape index (κ2) is 8.16. The summed E-state index contributed by atoms with van der Waals surface area (Å²) < 4.78 is 60.1. The first-order chi connectivity index (χ1) is 5.54. The number of benzene rings is 1. The molecule has 0 aliphatic carbocycles. The molecule has 0 aliphatic heterocycles. The molecule has 1 rings (SSSR count). The molecule has 86 valence electrons. The molecule has 0 fully saturated rings. The molecule has 15 heavy (non-hydrogen) atoms. The summed E-state index contributed by atoms with van der Waals surface area (Å²) in [6, 6.07) is 0.855. The molecular formula is C6H4Cl2F5NTi. The molecule has 0 aromatic heterocycles. The van der Waals surface area contributed by atoms with Crippen molar-refractivity contribution in [2.75, 3.05) is 5.34 Å². The van der Waals surface area contributed by atoms with Crippen molar-refractivity contribution in [1.29, 1.82) is 0 Å². The van der Waals surface area contributed by atoms with E-state index in [1.54, 1.807) is 0 Å². The van der Waals surface area contributed by atoms with Crippen molar-refractivity contribution in [3.05, 3.63) is 29.6 Å². The molecule has 0 aliphatic rings. The Hall–Kier alpha value is -0.0357. The fourth-order valence-electron chi connectivity index (χ4n) is 0.646. The smallest absolute Gasteiger partial charge is 0.196 e. The van der Waals surface area contributed by atoms with E-state index in [2.05, 4.69) is 0 Å². The van der Waals surface area contributed by atoms with Crippen molar-refractivity contribution in [2.45, 2.75) is 0 Å². The van der Waals surface area contributed by atoms with Crippen molar-refractivity contribution < 1.29 is 43.9 Å². The summed E-state index contributed by atoms with van der Waals surface area (Å²) in [4.78, 5) is 0. The van der Waals surface area contributed by atoms with E-state index in [-0.39, 0.29) is 46.5 Å². The fourth-order valence-corrected chi connectivity index (χ4v) is 0.646. The van der Waals surface area contributed by atoms with Crippen LogP contribution in [0.4, 0.5) is 27.8 Å². The number of nitrogens with zero attached hydrogens (tertiary/aromatic N) is 1. The Bertz CT molecular complexity index is 312. The molecule has 1 aromatic rings. The summed E-state index contributed by atoms with van der Waals surface area (Å²) in [5.74, 6) is -5.31. The third-order valence-electron chi connectivity index (χ3n) is 1.20. The Kier molecular flexibility index (Phi) is 11.1. The van der Waals surface area contributed by atoms with Gasteiger partial charge in [-0.15, -0.1) is 24.8 Å². The number of rotatable bonds is 1. The largest absolute Gasteiger partial charge is 0.204 e. The Morgan fingerprint density at radius 3 is 1.73 bits per heavy atom. The molecule has 1 aromatic carbocycles. The van der Waals surface area contributed by atoms with Gasteiger partial charge in [0.05, 0.1) is 0 Å². The number of hydrogen-bond acceptors (Lipinski definition) is 1. The van der Waals surface area contributed by atoms with E-state index in [0.29, 0.717) is 12.1 Å². The van der Waals surface area contributed by atoms with E-state index in [4.69, 9.17) is 0 Å². The van der Waals surface area contributed by atoms with E-state index >= 15 is 0 Å². The first-order valence-corrected chi connectivity index (χ1v) is 2.79. The summed E-state index contributed by atoms with van der Waals surface area (Å²) in [6.07, 6.45) is 0. The van der Waals surface area contributed by atoms with E-state index in [0.717, 1.165) is 0 Å². The van der Waals surface area contributed by atoms with Crippen molar-refractivity contribution >= 4 is 30.5 Å². The zero-order valence-corrected chi connectivity index (χ0v) is 10.0. The summed E-state index contributed by atoms with van der Waals surface area (Å²) >= 11 is 0. The van der Waals surface area contributed by atoms with Crippen molar-refractivity contribution in [1.82, 2.24) is 0 Å². The third-order valence-corrected chi connectivity index (χ3v) is 1.20. The predicted octanol–water partition coefficient (Wildman–Crippen LogP) is 3.52. The first kappa shape index (κ1) is 20.4. The third kappa shape index (κ3) is 4.55. The standard InChI is InChI=1S/C6H2F5N.2ClH.Ti/c7-3-1-2-4(12(10)11)6(9)5(3)8;;;/h1-2H;2*1H;. The fraction of sp³-hybridized carbons (Fsp3) is 0. The average Bonchev–Trinajstić information content (AvgIpc) is 2.00. The van der Waals surface area contributed by atoms with Crippen LogP contribution in [0.2, 0.25) is 0 Å². The van der Waals surface area contributed by atoms with Crippen LogP contribution in [0.15, 0.2) is 12.1 Å². The van der Waals surface area contributed by atoms with Crippen LogP contribution in [0.1, 0.15) is 0 Å². The molecule has 1 nitrogen and oxygen atoms in total. The molecule has 0 heterocycles. The van der Waals surface area contributed by atoms with Crippen molar-refractivity contribution in [2.24, 2.45) is 0 Å². The average molecular weight is 304 g/mol. The van der Waals surface area contributed by atoms with Gasteiger partial charge in [-0.25, -0.2) is 13.2 Å². The van der Waals surface area contributed by atoms with Gasteiger partial charge in [0.25, 0.3) is 0 Å². The van der Waals surface area contributed by atoms with Gasteiger partial charge in [0.15, 0.2) is 17.5 Å². The number of halogens is 7. The second-order valence-electron chi connectivity index (χ2n) is 1.93. The van der Waals surface area contributed by atoms with Crippen LogP contribution in [0.3, 0.4) is 0 Å². The first-order valence-electron chi connectivity index (χ1n) is 2.79. The molecule has 0 radical (unpaired) electrons. The quantitative estimate of drug-likeness (QED) is 0.332. The minimum absolute atomic E-state index is 0. The molecule has 9 heteroatoms. The van der Waals surface area contributed by atoms with Crippen LogP contribution >= 0.6 is 24.8 Å². The second-order valence-corrected chi connectivity index (χ2v) is 1.93. The molecule has 0 amide bonds. The molecule has 0 saturated heterocycles. The SMILES string of the molecule is Cl.Cl.Fc1ccc(N(F)F)c(F)c1F.[Ti]. The molecule has 0 bridgehead atoms. The van der Waals surface area contributed by atoms with Gasteiger partial charge >= 0.3 is 0 Å². The van der Waals surface area contributed by atoms with Gasteiger partial charge in [0.1, 0.15) is 5.69 Å². The minimum Gasteiger partial charge on any atom is -0.204 e. The van der Waals surface area contributed by atoms with E-state index in [1.165, 1.54) is 0 Å². The molecule has 0 unspecified atom stereocenters. The van der Waals surface area contributed by atoms with Crippen LogP contribution in [-0.4, -0.2) is 0 Å². The maximum Gasteiger partial charge on any atom is 0.196 e. The number of anilines is 1. The van der Waals surface area contributed by atoms with Crippen LogP contribution in [0, 0.1) is 17.5 Å². The Balaban J connectivity index is -0.000000480. The van der Waals surface area contributed by atoms with Crippen LogP contribution < -0.4 is 5.34 Å². The molecule has 0 N–H and O–H groups in total. The van der Waals surface area contributed by atoms with Crippen molar-refractivity contribution in [3.8, 4) is 0 Å². The molecule has 0 atom stereocenters. The summed E-state index contributed by atoms with van der Waals surface area (Å²) in [7, 11) is 0. The van der Waals surface area contributed by atoms with Crippen molar-refractivity contribution in [3.63, 3.8) is 0 Å². The topological polar surface area (TPSA) is 3.24 Å². The summed E-state index contributed by atoms with van der Waals surface area (Å²) in [5.41, 5.74) is -1.30. The Labute approximate surface area is 109 Å². The van der Waals surface area contributed by atoms with Gasteiger partial charge in [-0.3, -0.25) is 0 Å². The monoisotopic (exact) mass is 303 g/mol. The van der Waals surface area contributed by atoms with Gasteiger partial charge in [-0.1, -0.05) is 8.96 Å². The summed E-state index contributed by atoms with van der Waals surface area (Å²) in [6.45, 7) is 0. The van der Waals surface area contributed by atoms with Crippen LogP contribution in [0.5, 0.6) is 0 Å². The number of hydrogen-bond donors (Lipinski definition) is 0. The maximum atomic E-state index is 12.4. The van der Waals surface area contributed by atoms with Gasteiger partial charge < -0.3 is 0 Å². The van der Waals surface area contributed by atoms with Crippen LogP contribution in [0.25, 0.3) is 0 Å². The zero-order chi connectivity index (χ0) is 9.30. The Morgan fingerprint density at radius 1 is 0.867 bits per heavy atom. The Morgan fingerprint density at radius 2 is 1.33 bits per heavy atom. The van der Waals surface area contributed by atoms with Gasteiger partial charge in [-0.05, 0) is 17.5 Å². The molecule has 0 saturated carbocycles. The van der Waals surface area contributed by atoms with Gasteiger partial charge in [0, 0.05) is 21.7 Å². The van der Waals surface area contributed by atoms with Gasteiger partial charge in [0.2, 0.25) is 0 Å². The van der Waals surface area contributed by atoms with E-state index in [1.807, 2.05) is 0 Å². The normalized spacial score (nSPS) is 8.07. The van der Waals surface area contributed by atoms with E-state index < -0.39 is 28.5 Å². The van der Waals surface area contributed by atoms with Gasteiger partial charge in [-0.2, -0.15) is 0 Å². The molecular weight excluding hydrogens is 300 g/mol. The predicted molar refractivity (Wildman–Crippen MR) is 45.5 cm³/mol. The molecule has 0 spiro atoms. The zero-order valence-electron chi connectivity index (χ0n) is 6.81. The summed E-state index contributed by atoms with van der Waals surface area (Å²) in [5, 5.41) is -1.63.